The lowest BCUT2D eigenvalue weighted by atomic mass is 9.82. The zero-order valence-electron chi connectivity index (χ0n) is 31.2. The van der Waals surface area contributed by atoms with Gasteiger partial charge in [-0.25, -0.2) is 0 Å². The Balaban J connectivity index is 1.27. The number of hydrogen-bond acceptors (Lipinski definition) is 7. The maximum absolute atomic E-state index is 15.4. The minimum absolute atomic E-state index is 0.0681. The fraction of sp³-hybridized carbons (Fsp3) is 0.372. The number of para-hydroxylation sites is 2. The SMILES string of the molecule is COc1ccc([Si](C)(C)[C@@H]2[C@@H](CC(=O)N3CCC[C@H]3CO)O[C@]3(C(=O)N(Cc4ccccc4)c4ccc(N5C(=O)COc6ccccc65)cc43)[C@H]2C)cc1. The Morgan fingerprint density at radius 1 is 0.963 bits per heavy atom. The summed E-state index contributed by atoms with van der Waals surface area (Å²) in [4.78, 5) is 48.4. The van der Waals surface area contributed by atoms with Crippen LogP contribution in [-0.2, 0) is 31.3 Å². The van der Waals surface area contributed by atoms with Crippen molar-refractivity contribution in [2.75, 3.05) is 36.7 Å². The van der Waals surface area contributed by atoms with E-state index in [1.54, 1.807) is 16.9 Å². The topological polar surface area (TPSA) is 109 Å². The van der Waals surface area contributed by atoms with E-state index < -0.39 is 19.8 Å². The number of rotatable bonds is 9. The fourth-order valence-electron chi connectivity index (χ4n) is 9.59. The largest absolute Gasteiger partial charge is 0.497 e. The Morgan fingerprint density at radius 2 is 1.70 bits per heavy atom. The standard InChI is InChI=1S/C43H47N3O7Si/c1-28-41(54(3,4)33-19-17-32(51-2)18-20-33)38(24-39(48)44-22-10-13-31(44)26-47)53-43(28)34-23-30(46-36-14-8-9-15-37(36)52-27-40(46)49)16-21-35(34)45(42(43)50)25-29-11-6-5-7-12-29/h5-9,11-12,14-21,23,28,31,38,41,47H,10,13,22,24-27H2,1-4H3/t28-,31-,38+,41-,43+/m0/s1. The van der Waals surface area contributed by atoms with E-state index in [1.165, 1.54) is 5.19 Å². The van der Waals surface area contributed by atoms with Crippen LogP contribution >= 0.6 is 0 Å². The van der Waals surface area contributed by atoms with Crippen molar-refractivity contribution >= 4 is 48.0 Å². The number of fused-ring (bicyclic) bond motifs is 3. The van der Waals surface area contributed by atoms with Crippen LogP contribution in [0.1, 0.15) is 37.3 Å². The van der Waals surface area contributed by atoms with Crippen LogP contribution in [0.4, 0.5) is 17.1 Å². The first-order chi connectivity index (χ1) is 26.1. The minimum Gasteiger partial charge on any atom is -0.497 e. The van der Waals surface area contributed by atoms with Gasteiger partial charge >= 0.3 is 0 Å². The summed E-state index contributed by atoms with van der Waals surface area (Å²) in [5, 5.41) is 11.3. The molecule has 0 aliphatic carbocycles. The molecular formula is C43H47N3O7Si. The van der Waals surface area contributed by atoms with Crippen molar-refractivity contribution in [2.45, 2.75) is 69.1 Å². The molecule has 1 spiro atoms. The van der Waals surface area contributed by atoms with Crippen molar-refractivity contribution in [3.05, 3.63) is 108 Å². The zero-order valence-corrected chi connectivity index (χ0v) is 32.2. The second-order valence-corrected chi connectivity index (χ2v) is 20.2. The summed E-state index contributed by atoms with van der Waals surface area (Å²) in [6.07, 6.45) is 1.11. The molecule has 0 bridgehead atoms. The molecule has 0 unspecified atom stereocenters. The summed E-state index contributed by atoms with van der Waals surface area (Å²) in [7, 11) is -0.889. The Morgan fingerprint density at radius 3 is 2.44 bits per heavy atom. The predicted molar refractivity (Wildman–Crippen MR) is 209 cm³/mol. The summed E-state index contributed by atoms with van der Waals surface area (Å²) >= 11 is 0. The first kappa shape index (κ1) is 36.0. The van der Waals surface area contributed by atoms with Gasteiger partial charge in [-0.15, -0.1) is 0 Å². The summed E-state index contributed by atoms with van der Waals surface area (Å²) in [6, 6.07) is 31.0. The van der Waals surface area contributed by atoms with E-state index >= 15 is 4.79 Å². The molecule has 11 heteroatoms. The normalized spacial score (nSPS) is 24.9. The van der Waals surface area contributed by atoms with Crippen molar-refractivity contribution in [1.82, 2.24) is 4.90 Å². The molecule has 0 aromatic heterocycles. The van der Waals surface area contributed by atoms with Crippen molar-refractivity contribution in [3.8, 4) is 11.5 Å². The Labute approximate surface area is 317 Å². The van der Waals surface area contributed by atoms with E-state index in [-0.39, 0.29) is 54.9 Å². The van der Waals surface area contributed by atoms with Gasteiger partial charge in [-0.3, -0.25) is 19.3 Å². The van der Waals surface area contributed by atoms with E-state index in [2.05, 4.69) is 32.2 Å². The Bertz CT molecular complexity index is 2080. The number of carbonyl (C=O) groups excluding carboxylic acids is 3. The number of nitrogens with zero attached hydrogens (tertiary/aromatic N) is 3. The number of aliphatic hydroxyl groups excluding tert-OH is 1. The first-order valence-electron chi connectivity index (χ1n) is 18.9. The molecule has 1 N–H and O–H groups in total. The van der Waals surface area contributed by atoms with Crippen LogP contribution in [0, 0.1) is 5.92 Å². The highest BCUT2D eigenvalue weighted by Crippen LogP contribution is 2.61. The number of anilines is 3. The molecule has 0 saturated carbocycles. The number of methoxy groups -OCH3 is 1. The van der Waals surface area contributed by atoms with Gasteiger partial charge in [0.1, 0.15) is 11.5 Å². The maximum atomic E-state index is 15.4. The molecule has 4 aromatic carbocycles. The average molecular weight is 746 g/mol. The highest BCUT2D eigenvalue weighted by molar-refractivity contribution is 6.91. The van der Waals surface area contributed by atoms with Crippen LogP contribution < -0.4 is 24.5 Å². The predicted octanol–water partition coefficient (Wildman–Crippen LogP) is 5.89. The van der Waals surface area contributed by atoms with Gasteiger partial charge < -0.3 is 29.1 Å². The van der Waals surface area contributed by atoms with E-state index in [0.29, 0.717) is 35.8 Å². The number of likely N-dealkylation sites (tertiary alicyclic amines) is 1. The summed E-state index contributed by atoms with van der Waals surface area (Å²) in [6.45, 7) is 7.43. The molecule has 0 radical (unpaired) electrons. The molecule has 2 saturated heterocycles. The number of aliphatic hydroxyl groups is 1. The molecule has 280 valence electrons. The molecule has 54 heavy (non-hydrogen) atoms. The van der Waals surface area contributed by atoms with Crippen molar-refractivity contribution in [1.29, 1.82) is 0 Å². The third-order valence-corrected chi connectivity index (χ3v) is 16.6. The maximum Gasteiger partial charge on any atom is 0.269 e. The number of carbonyl (C=O) groups is 3. The fourth-order valence-corrected chi connectivity index (χ4v) is 13.6. The van der Waals surface area contributed by atoms with Gasteiger partial charge in [-0.1, -0.05) is 79.8 Å². The van der Waals surface area contributed by atoms with Gasteiger partial charge in [0.05, 0.1) is 58.3 Å². The molecule has 5 atom stereocenters. The van der Waals surface area contributed by atoms with Crippen molar-refractivity contribution in [2.24, 2.45) is 5.92 Å². The molecule has 8 rings (SSSR count). The van der Waals surface area contributed by atoms with E-state index in [1.807, 2.05) is 89.8 Å². The number of hydrogen-bond donors (Lipinski definition) is 1. The van der Waals surface area contributed by atoms with Gasteiger partial charge in [0, 0.05) is 23.7 Å². The highest BCUT2D eigenvalue weighted by atomic mass is 28.3. The van der Waals surface area contributed by atoms with Gasteiger partial charge in [0.15, 0.2) is 12.2 Å². The number of ether oxygens (including phenoxy) is 3. The molecule has 3 amide bonds. The Hall–Kier alpha value is -4.97. The molecule has 2 fully saturated rings. The van der Waals surface area contributed by atoms with Gasteiger partial charge in [0.25, 0.3) is 11.8 Å². The second kappa shape index (κ2) is 14.0. The van der Waals surface area contributed by atoms with Crippen LogP contribution in [0.5, 0.6) is 11.5 Å². The van der Waals surface area contributed by atoms with Crippen LogP contribution in [0.2, 0.25) is 18.6 Å². The van der Waals surface area contributed by atoms with Crippen LogP contribution in [-0.4, -0.2) is 74.8 Å². The van der Waals surface area contributed by atoms with E-state index in [4.69, 9.17) is 14.2 Å². The lowest BCUT2D eigenvalue weighted by Crippen LogP contribution is -2.52. The summed E-state index contributed by atoms with van der Waals surface area (Å²) < 4.78 is 18.6. The van der Waals surface area contributed by atoms with Crippen molar-refractivity contribution in [3.63, 3.8) is 0 Å². The summed E-state index contributed by atoms with van der Waals surface area (Å²) in [5.74, 6) is 0.562. The molecule has 4 aliphatic rings. The molecular weight excluding hydrogens is 699 g/mol. The first-order valence-corrected chi connectivity index (χ1v) is 21.9. The number of benzene rings is 4. The molecule has 4 aromatic rings. The van der Waals surface area contributed by atoms with Crippen molar-refractivity contribution < 1.29 is 33.7 Å². The monoisotopic (exact) mass is 745 g/mol. The smallest absolute Gasteiger partial charge is 0.269 e. The van der Waals surface area contributed by atoms with Gasteiger partial charge in [-0.05, 0) is 66.4 Å². The van der Waals surface area contributed by atoms with E-state index in [9.17, 15) is 14.7 Å². The molecule has 10 nitrogen and oxygen atoms in total. The zero-order chi connectivity index (χ0) is 37.8. The summed E-state index contributed by atoms with van der Waals surface area (Å²) in [5.41, 5.74) is 2.05. The molecule has 4 aliphatic heterocycles. The highest BCUT2D eigenvalue weighted by Gasteiger charge is 2.66. The quantitative estimate of drug-likeness (QED) is 0.213. The molecule has 4 heterocycles. The lowest BCUT2D eigenvalue weighted by Gasteiger charge is -2.37. The van der Waals surface area contributed by atoms with Crippen LogP contribution in [0.25, 0.3) is 0 Å². The lowest BCUT2D eigenvalue weighted by molar-refractivity contribution is -0.150. The van der Waals surface area contributed by atoms with E-state index in [0.717, 1.165) is 29.8 Å². The van der Waals surface area contributed by atoms with Crippen LogP contribution in [0.3, 0.4) is 0 Å². The minimum atomic E-state index is -2.54. The Kier molecular flexibility index (Phi) is 9.36. The average Bonchev–Trinajstić information content (AvgIpc) is 3.85. The van der Waals surface area contributed by atoms with Gasteiger partial charge in [0.2, 0.25) is 5.91 Å². The second-order valence-electron chi connectivity index (χ2n) is 15.5. The third-order valence-electron chi connectivity index (χ3n) is 12.3. The third kappa shape index (κ3) is 5.80. The number of amides is 3. The van der Waals surface area contributed by atoms with Crippen LogP contribution in [0.15, 0.2) is 97.1 Å². The van der Waals surface area contributed by atoms with Gasteiger partial charge in [-0.2, -0.15) is 0 Å².